The van der Waals surface area contributed by atoms with E-state index in [0.29, 0.717) is 12.4 Å². The Hall–Kier alpha value is -2.93. The molecule has 0 aliphatic heterocycles. The van der Waals surface area contributed by atoms with Gasteiger partial charge < -0.3 is 16.5 Å². The van der Waals surface area contributed by atoms with Gasteiger partial charge in [0.15, 0.2) is 5.65 Å². The van der Waals surface area contributed by atoms with E-state index >= 15 is 0 Å². The molecular weight excluding hydrogens is 314 g/mol. The van der Waals surface area contributed by atoms with Crippen LogP contribution in [0.15, 0.2) is 30.6 Å². The molecule has 128 valence electrons. The number of nitrogens with one attached hydrogen (secondary N) is 1. The number of anilines is 1. The second-order valence-corrected chi connectivity index (χ2v) is 7.19. The zero-order chi connectivity index (χ0) is 17.8. The Bertz CT molecular complexity index is 1080. The largest absolute Gasteiger partial charge is 0.383 e. The van der Waals surface area contributed by atoms with Gasteiger partial charge >= 0.3 is 0 Å². The summed E-state index contributed by atoms with van der Waals surface area (Å²) in [5.74, 6) is 0.435. The molecule has 4 aromatic rings. The summed E-state index contributed by atoms with van der Waals surface area (Å²) in [7, 11) is 0. The van der Waals surface area contributed by atoms with Crippen molar-refractivity contribution in [1.29, 1.82) is 0 Å². The molecule has 0 saturated carbocycles. The number of nitrogens with zero attached hydrogens (tertiary/aromatic N) is 4. The van der Waals surface area contributed by atoms with Gasteiger partial charge in [-0.2, -0.15) is 5.10 Å². The molecule has 0 aliphatic rings. The van der Waals surface area contributed by atoms with Crippen LogP contribution < -0.4 is 11.5 Å². The Morgan fingerprint density at radius 3 is 2.68 bits per heavy atom. The summed E-state index contributed by atoms with van der Waals surface area (Å²) in [5.41, 5.74) is 16.2. The molecule has 0 bridgehead atoms. The molecule has 1 aromatic carbocycles. The second-order valence-electron chi connectivity index (χ2n) is 7.19. The number of benzene rings is 1. The normalized spacial score (nSPS) is 12.3. The van der Waals surface area contributed by atoms with Gasteiger partial charge in [-0.05, 0) is 38.3 Å². The van der Waals surface area contributed by atoms with Crippen molar-refractivity contribution in [3.05, 3.63) is 36.3 Å². The standard InChI is InChI=1S/C18H21N7/c1-18(2,3)25-17-14(16(20)21-9-22-17)15(24-25)11-5-4-10-6-12(8-19)23-13(10)7-11/h4-7,9,23H,8,19H2,1-3H3,(H2,20,21,22). The van der Waals surface area contributed by atoms with Crippen molar-refractivity contribution in [3.8, 4) is 11.3 Å². The molecule has 0 spiro atoms. The minimum Gasteiger partial charge on any atom is -0.383 e. The van der Waals surface area contributed by atoms with Crippen molar-refractivity contribution in [2.24, 2.45) is 5.73 Å². The summed E-state index contributed by atoms with van der Waals surface area (Å²) in [4.78, 5) is 11.9. The Morgan fingerprint density at radius 1 is 1.16 bits per heavy atom. The van der Waals surface area contributed by atoms with E-state index in [-0.39, 0.29) is 5.54 Å². The van der Waals surface area contributed by atoms with Crippen LogP contribution in [0.2, 0.25) is 0 Å². The number of aromatic amines is 1. The lowest BCUT2D eigenvalue weighted by atomic mass is 10.1. The summed E-state index contributed by atoms with van der Waals surface area (Å²) in [6.45, 7) is 6.74. The fraction of sp³-hybridized carbons (Fsp3) is 0.278. The molecule has 0 saturated heterocycles. The fourth-order valence-corrected chi connectivity index (χ4v) is 3.09. The highest BCUT2D eigenvalue weighted by atomic mass is 15.3. The lowest BCUT2D eigenvalue weighted by Crippen LogP contribution is -2.23. The molecule has 7 heteroatoms. The predicted octanol–water partition coefficient (Wildman–Crippen LogP) is 2.77. The fourth-order valence-electron chi connectivity index (χ4n) is 3.09. The maximum absolute atomic E-state index is 6.16. The van der Waals surface area contributed by atoms with Crippen LogP contribution in [0.4, 0.5) is 5.82 Å². The third-order valence-corrected chi connectivity index (χ3v) is 4.30. The smallest absolute Gasteiger partial charge is 0.164 e. The number of rotatable bonds is 2. The third-order valence-electron chi connectivity index (χ3n) is 4.30. The zero-order valence-corrected chi connectivity index (χ0v) is 14.5. The summed E-state index contributed by atoms with van der Waals surface area (Å²) in [6, 6.07) is 8.22. The molecule has 4 rings (SSSR count). The molecule has 0 unspecified atom stereocenters. The topological polar surface area (TPSA) is 111 Å². The SMILES string of the molecule is CC(C)(C)n1nc(-c2ccc3cc(CN)[nH]c3c2)c2c(N)ncnc21. The Labute approximate surface area is 145 Å². The minimum absolute atomic E-state index is 0.222. The van der Waals surface area contributed by atoms with Crippen molar-refractivity contribution in [2.45, 2.75) is 32.9 Å². The maximum atomic E-state index is 6.16. The summed E-state index contributed by atoms with van der Waals surface area (Å²) in [5, 5.41) is 6.72. The van der Waals surface area contributed by atoms with E-state index < -0.39 is 0 Å². The van der Waals surface area contributed by atoms with E-state index in [4.69, 9.17) is 16.6 Å². The first kappa shape index (κ1) is 15.6. The summed E-state index contributed by atoms with van der Waals surface area (Å²) in [6.07, 6.45) is 1.48. The lowest BCUT2D eigenvalue weighted by Gasteiger charge is -2.19. The Balaban J connectivity index is 2.00. The average Bonchev–Trinajstić information content (AvgIpc) is 3.15. The molecule has 5 N–H and O–H groups in total. The number of nitrogens with two attached hydrogens (primary N) is 2. The van der Waals surface area contributed by atoms with Crippen LogP contribution >= 0.6 is 0 Å². The van der Waals surface area contributed by atoms with E-state index in [1.807, 2.05) is 10.7 Å². The molecule has 3 heterocycles. The molecule has 0 atom stereocenters. The number of nitrogen functional groups attached to an aromatic ring is 1. The summed E-state index contributed by atoms with van der Waals surface area (Å²) < 4.78 is 1.90. The average molecular weight is 335 g/mol. The molecule has 0 aliphatic carbocycles. The van der Waals surface area contributed by atoms with Crippen molar-refractivity contribution in [2.75, 3.05) is 5.73 Å². The molecular formula is C18H21N7. The molecule has 0 amide bonds. The minimum atomic E-state index is -0.222. The van der Waals surface area contributed by atoms with Crippen LogP contribution in [0.3, 0.4) is 0 Å². The van der Waals surface area contributed by atoms with Crippen molar-refractivity contribution < 1.29 is 0 Å². The number of aromatic nitrogens is 5. The van der Waals surface area contributed by atoms with Crippen molar-refractivity contribution in [1.82, 2.24) is 24.7 Å². The lowest BCUT2D eigenvalue weighted by molar-refractivity contribution is 0.367. The van der Waals surface area contributed by atoms with E-state index in [9.17, 15) is 0 Å². The van der Waals surface area contributed by atoms with Crippen LogP contribution in [0.25, 0.3) is 33.2 Å². The van der Waals surface area contributed by atoms with E-state index in [1.165, 1.54) is 6.33 Å². The van der Waals surface area contributed by atoms with Gasteiger partial charge in [-0.1, -0.05) is 12.1 Å². The van der Waals surface area contributed by atoms with Crippen LogP contribution in [0.1, 0.15) is 26.5 Å². The molecule has 0 fully saturated rings. The van der Waals surface area contributed by atoms with Gasteiger partial charge in [0.2, 0.25) is 0 Å². The maximum Gasteiger partial charge on any atom is 0.164 e. The Kier molecular flexibility index (Phi) is 3.30. The highest BCUT2D eigenvalue weighted by molar-refractivity contribution is 6.00. The van der Waals surface area contributed by atoms with Crippen molar-refractivity contribution in [3.63, 3.8) is 0 Å². The third kappa shape index (κ3) is 2.44. The first-order chi connectivity index (χ1) is 11.9. The zero-order valence-electron chi connectivity index (χ0n) is 14.5. The second kappa shape index (κ2) is 5.29. The quantitative estimate of drug-likeness (QED) is 0.521. The first-order valence-corrected chi connectivity index (χ1v) is 8.20. The van der Waals surface area contributed by atoms with Crippen LogP contribution in [0, 0.1) is 0 Å². The van der Waals surface area contributed by atoms with Gasteiger partial charge in [0.05, 0.1) is 10.9 Å². The van der Waals surface area contributed by atoms with Crippen LogP contribution in [-0.2, 0) is 12.1 Å². The van der Waals surface area contributed by atoms with Gasteiger partial charge in [-0.15, -0.1) is 0 Å². The molecule has 3 aromatic heterocycles. The van der Waals surface area contributed by atoms with Gasteiger partial charge in [0.1, 0.15) is 17.8 Å². The van der Waals surface area contributed by atoms with Crippen LogP contribution in [0.5, 0.6) is 0 Å². The number of H-pyrrole nitrogens is 1. The molecule has 7 nitrogen and oxygen atoms in total. The van der Waals surface area contributed by atoms with Crippen LogP contribution in [-0.4, -0.2) is 24.7 Å². The van der Waals surface area contributed by atoms with Gasteiger partial charge in [-0.3, -0.25) is 0 Å². The summed E-state index contributed by atoms with van der Waals surface area (Å²) >= 11 is 0. The predicted molar refractivity (Wildman–Crippen MR) is 99.9 cm³/mol. The molecule has 0 radical (unpaired) electrons. The molecule has 25 heavy (non-hydrogen) atoms. The first-order valence-electron chi connectivity index (χ1n) is 8.20. The highest BCUT2D eigenvalue weighted by Crippen LogP contribution is 2.34. The number of hydrogen-bond acceptors (Lipinski definition) is 5. The number of hydrogen-bond donors (Lipinski definition) is 3. The van der Waals surface area contributed by atoms with E-state index in [2.05, 4.69) is 53.9 Å². The monoisotopic (exact) mass is 335 g/mol. The van der Waals surface area contributed by atoms with Gasteiger partial charge in [0, 0.05) is 23.3 Å². The Morgan fingerprint density at radius 2 is 1.96 bits per heavy atom. The van der Waals surface area contributed by atoms with Gasteiger partial charge in [-0.25, -0.2) is 14.6 Å². The van der Waals surface area contributed by atoms with Gasteiger partial charge in [0.25, 0.3) is 0 Å². The van der Waals surface area contributed by atoms with E-state index in [0.717, 1.165) is 38.9 Å². The van der Waals surface area contributed by atoms with Crippen molar-refractivity contribution >= 4 is 27.8 Å². The number of fused-ring (bicyclic) bond motifs is 2. The highest BCUT2D eigenvalue weighted by Gasteiger charge is 2.24. The van der Waals surface area contributed by atoms with E-state index in [1.54, 1.807) is 0 Å².